The molecule has 3 N–H and O–H groups in total. The molecule has 1 amide bonds. The first-order chi connectivity index (χ1) is 13.2. The van der Waals surface area contributed by atoms with Crippen molar-refractivity contribution in [2.24, 2.45) is 5.14 Å². The summed E-state index contributed by atoms with van der Waals surface area (Å²) in [5, 5.41) is 5.48. The number of aromatic amines is 1. The van der Waals surface area contributed by atoms with Crippen molar-refractivity contribution in [3.8, 4) is 11.1 Å². The van der Waals surface area contributed by atoms with Crippen molar-refractivity contribution in [1.82, 2.24) is 4.98 Å². The molecule has 0 saturated heterocycles. The van der Waals surface area contributed by atoms with Crippen LogP contribution in [0.25, 0.3) is 11.1 Å². The number of thiazole rings is 1. The lowest BCUT2D eigenvalue weighted by Gasteiger charge is -2.14. The van der Waals surface area contributed by atoms with Gasteiger partial charge in [0.1, 0.15) is 0 Å². The molecule has 0 aliphatic heterocycles. The Morgan fingerprint density at radius 3 is 2.41 bits per heavy atom. The van der Waals surface area contributed by atoms with Gasteiger partial charge in [0.05, 0.1) is 12.1 Å². The van der Waals surface area contributed by atoms with Gasteiger partial charge in [0.15, 0.2) is 21.7 Å². The number of hydrogen-bond donors (Lipinski definition) is 1. The highest BCUT2D eigenvalue weighted by molar-refractivity contribution is 7.91. The van der Waals surface area contributed by atoms with Crippen LogP contribution in [-0.4, -0.2) is 26.4 Å². The number of anilines is 1. The molecule has 0 aliphatic carbocycles. The summed E-state index contributed by atoms with van der Waals surface area (Å²) >= 11 is 0.892. The third-order valence-electron chi connectivity index (χ3n) is 4.36. The van der Waals surface area contributed by atoms with Crippen molar-refractivity contribution < 1.29 is 30.6 Å². The average molecular weight is 453 g/mol. The molecule has 10 heteroatoms. The number of likely N-dealkylation sites (N-methyl/N-ethyl adjacent to an activating group) is 1. The summed E-state index contributed by atoms with van der Waals surface area (Å²) in [5.74, 6) is -0.188. The van der Waals surface area contributed by atoms with Crippen LogP contribution in [0.1, 0.15) is 16.8 Å². The summed E-state index contributed by atoms with van der Waals surface area (Å²) in [4.78, 5) is 21.2. The summed E-state index contributed by atoms with van der Waals surface area (Å²) < 4.78 is 23.1. The summed E-state index contributed by atoms with van der Waals surface area (Å²) in [6, 6.07) is 9.79. The number of aromatic nitrogens is 2. The van der Waals surface area contributed by atoms with E-state index >= 15 is 0 Å². The van der Waals surface area contributed by atoms with Crippen LogP contribution in [0.3, 0.4) is 0 Å². The fourth-order valence-electron chi connectivity index (χ4n) is 2.80. The molecule has 29 heavy (non-hydrogen) atoms. The van der Waals surface area contributed by atoms with E-state index in [2.05, 4.69) is 9.97 Å². The van der Waals surface area contributed by atoms with Crippen LogP contribution in [0.4, 0.5) is 5.13 Å². The van der Waals surface area contributed by atoms with Gasteiger partial charge in [-0.25, -0.2) is 23.5 Å². The lowest BCUT2D eigenvalue weighted by molar-refractivity contribution is -0.377. The molecule has 0 saturated carbocycles. The maximum Gasteiger partial charge on any atom is 0.249 e. The van der Waals surface area contributed by atoms with E-state index in [0.29, 0.717) is 10.8 Å². The number of aryl methyl sites for hydroxylation is 2. The molecule has 3 rings (SSSR count). The molecule has 0 fully saturated rings. The van der Waals surface area contributed by atoms with Crippen molar-refractivity contribution in [3.05, 3.63) is 59.5 Å². The Labute approximate surface area is 180 Å². The second-order valence-corrected chi connectivity index (χ2v) is 9.22. The number of benzene rings is 1. The van der Waals surface area contributed by atoms with Gasteiger partial charge >= 0.3 is 0 Å². The number of nitrogens with zero attached hydrogens (tertiary/aromatic N) is 2. The molecular formula is C19H21ClN4O3S2. The zero-order valence-corrected chi connectivity index (χ0v) is 18.5. The zero-order valence-electron chi connectivity index (χ0n) is 16.1. The van der Waals surface area contributed by atoms with Crippen LogP contribution in [-0.2, 0) is 21.2 Å². The Kier molecular flexibility index (Phi) is 7.12. The smallest absolute Gasteiger partial charge is 0.249 e. The van der Waals surface area contributed by atoms with Crippen molar-refractivity contribution >= 4 is 32.4 Å². The van der Waals surface area contributed by atoms with Crippen LogP contribution in [0, 0.1) is 13.8 Å². The number of amides is 1. The fourth-order valence-corrected chi connectivity index (χ4v) is 4.72. The van der Waals surface area contributed by atoms with Gasteiger partial charge in [0.2, 0.25) is 15.9 Å². The molecular weight excluding hydrogens is 432 g/mol. The van der Waals surface area contributed by atoms with E-state index in [1.807, 2.05) is 49.6 Å². The number of halogens is 1. The van der Waals surface area contributed by atoms with Crippen LogP contribution in [0.15, 0.2) is 46.9 Å². The highest BCUT2D eigenvalue weighted by Crippen LogP contribution is 2.29. The van der Waals surface area contributed by atoms with E-state index in [1.165, 1.54) is 4.90 Å². The van der Waals surface area contributed by atoms with E-state index in [1.54, 1.807) is 14.0 Å². The van der Waals surface area contributed by atoms with Gasteiger partial charge in [-0.1, -0.05) is 35.6 Å². The quantitative estimate of drug-likeness (QED) is 0.541. The van der Waals surface area contributed by atoms with Crippen LogP contribution < -0.4 is 27.4 Å². The molecule has 0 spiro atoms. The van der Waals surface area contributed by atoms with Gasteiger partial charge in [-0.05, 0) is 30.5 Å². The number of carbonyl (C=O) groups is 1. The van der Waals surface area contributed by atoms with Gasteiger partial charge in [-0.15, -0.1) is 0 Å². The molecule has 0 radical (unpaired) electrons. The topological polar surface area (TPSA) is 108 Å². The van der Waals surface area contributed by atoms with Gasteiger partial charge in [0, 0.05) is 18.7 Å². The lowest BCUT2D eigenvalue weighted by Crippen LogP contribution is -3.00. The highest BCUT2D eigenvalue weighted by atomic mass is 35.5. The molecule has 154 valence electrons. The SMILES string of the molecule is Cc1cc[nH+]cc1-c1ccc(CC(=O)N(C)c2nc(C)c(S(N)(=O)=O)s2)cc1.[Cl-]. The molecule has 0 bridgehead atoms. The number of hydrogen-bond acceptors (Lipinski definition) is 5. The molecule has 2 heterocycles. The first-order valence-electron chi connectivity index (χ1n) is 8.49. The first kappa shape index (κ1) is 23.0. The van der Waals surface area contributed by atoms with Crippen LogP contribution >= 0.6 is 11.3 Å². The number of sulfonamides is 1. The van der Waals surface area contributed by atoms with E-state index in [9.17, 15) is 13.2 Å². The van der Waals surface area contributed by atoms with Crippen molar-refractivity contribution in [2.75, 3.05) is 11.9 Å². The van der Waals surface area contributed by atoms with Gasteiger partial charge in [-0.3, -0.25) is 9.69 Å². The molecule has 0 aliphatic rings. The standard InChI is InChI=1S/C19H20N4O3S2.ClH/c1-12-8-9-21-11-16(12)15-6-4-14(5-7-15)10-17(24)23(3)19-22-13(2)18(27-19)28(20,25)26;/h4-9,11H,10H2,1-3H3,(H2,20,25,26);1H. The number of primary sulfonamides is 1. The number of nitrogens with one attached hydrogen (secondary N) is 1. The summed E-state index contributed by atoms with van der Waals surface area (Å²) in [7, 11) is -2.28. The maximum atomic E-state index is 12.6. The molecule has 1 aromatic carbocycles. The van der Waals surface area contributed by atoms with Crippen molar-refractivity contribution in [1.29, 1.82) is 0 Å². The second kappa shape index (κ2) is 9.00. The minimum Gasteiger partial charge on any atom is -1.00 e. The van der Waals surface area contributed by atoms with Gasteiger partial charge < -0.3 is 12.4 Å². The Morgan fingerprint density at radius 1 is 1.21 bits per heavy atom. The molecule has 0 unspecified atom stereocenters. The predicted octanol–water partition coefficient (Wildman–Crippen LogP) is -0.902. The highest BCUT2D eigenvalue weighted by Gasteiger charge is 2.22. The Bertz CT molecular complexity index is 1130. The predicted molar refractivity (Wildman–Crippen MR) is 109 cm³/mol. The molecule has 2 aromatic heterocycles. The van der Waals surface area contributed by atoms with E-state index < -0.39 is 10.0 Å². The van der Waals surface area contributed by atoms with E-state index in [0.717, 1.165) is 33.6 Å². The Morgan fingerprint density at radius 2 is 1.86 bits per heavy atom. The number of pyridine rings is 1. The Hall–Kier alpha value is -2.33. The van der Waals surface area contributed by atoms with Crippen molar-refractivity contribution in [2.45, 2.75) is 24.5 Å². The number of H-pyrrole nitrogens is 1. The number of rotatable bonds is 5. The molecule has 3 aromatic rings. The summed E-state index contributed by atoms with van der Waals surface area (Å²) in [6.45, 7) is 3.60. The van der Waals surface area contributed by atoms with E-state index in [4.69, 9.17) is 5.14 Å². The summed E-state index contributed by atoms with van der Waals surface area (Å²) in [5.41, 5.74) is 4.48. The van der Waals surface area contributed by atoms with Gasteiger partial charge in [-0.2, -0.15) is 0 Å². The maximum absolute atomic E-state index is 12.6. The Balaban J connectivity index is 0.00000300. The third-order valence-corrected chi connectivity index (χ3v) is 7.15. The molecule has 0 atom stereocenters. The normalized spacial score (nSPS) is 11.0. The number of nitrogens with two attached hydrogens (primary N) is 1. The largest absolute Gasteiger partial charge is 1.00 e. The fraction of sp³-hybridized carbons (Fsp3) is 0.211. The minimum atomic E-state index is -3.85. The van der Waals surface area contributed by atoms with Gasteiger partial charge in [0.25, 0.3) is 0 Å². The summed E-state index contributed by atoms with van der Waals surface area (Å²) in [6.07, 6.45) is 4.00. The van der Waals surface area contributed by atoms with Crippen molar-refractivity contribution in [3.63, 3.8) is 0 Å². The third kappa shape index (κ3) is 5.18. The number of carbonyl (C=O) groups excluding carboxylic acids is 1. The zero-order chi connectivity index (χ0) is 20.5. The molecule has 7 nitrogen and oxygen atoms in total. The average Bonchev–Trinajstić information content (AvgIpc) is 3.04. The van der Waals surface area contributed by atoms with Crippen LogP contribution in [0.2, 0.25) is 0 Å². The monoisotopic (exact) mass is 452 g/mol. The van der Waals surface area contributed by atoms with Crippen LogP contribution in [0.5, 0.6) is 0 Å². The lowest BCUT2D eigenvalue weighted by atomic mass is 10.0. The van der Waals surface area contributed by atoms with E-state index in [-0.39, 0.29) is 28.9 Å². The minimum absolute atomic E-state index is 0. The first-order valence-corrected chi connectivity index (χ1v) is 10.9. The second-order valence-electron chi connectivity index (χ2n) is 6.48.